The lowest BCUT2D eigenvalue weighted by molar-refractivity contribution is -0.126. The molecule has 0 atom stereocenters. The summed E-state index contributed by atoms with van der Waals surface area (Å²) < 4.78 is 2.09. The second kappa shape index (κ2) is 10.1. The number of carbonyl (C=O) groups is 2. The molecule has 1 aliphatic carbocycles. The van der Waals surface area contributed by atoms with Crippen molar-refractivity contribution in [2.24, 2.45) is 5.92 Å². The molecular weight excluding hydrogens is 482 g/mol. The van der Waals surface area contributed by atoms with E-state index in [4.69, 9.17) is 11.6 Å². The van der Waals surface area contributed by atoms with Crippen molar-refractivity contribution < 1.29 is 9.59 Å². The fraction of sp³-hybridized carbons (Fsp3) is 0.290. The van der Waals surface area contributed by atoms with Crippen LogP contribution in [0.5, 0.6) is 0 Å². The smallest absolute Gasteiger partial charge is 0.270 e. The number of hydrogen-bond acceptors (Lipinski definition) is 2. The van der Waals surface area contributed by atoms with E-state index in [9.17, 15) is 9.59 Å². The minimum atomic E-state index is -0.0484. The summed E-state index contributed by atoms with van der Waals surface area (Å²) >= 11 is 6.08. The van der Waals surface area contributed by atoms with Gasteiger partial charge in [-0.2, -0.15) is 0 Å². The van der Waals surface area contributed by atoms with Crippen LogP contribution in [0.1, 0.15) is 40.0 Å². The zero-order valence-corrected chi connectivity index (χ0v) is 21.5. The van der Waals surface area contributed by atoms with Gasteiger partial charge in [-0.25, -0.2) is 0 Å². The summed E-state index contributed by atoms with van der Waals surface area (Å²) in [5.41, 5.74) is 5.48. The highest BCUT2D eigenvalue weighted by molar-refractivity contribution is 6.30. The molecule has 3 aromatic carbocycles. The molecule has 188 valence electrons. The largest absolute Gasteiger partial charge is 0.352 e. The Labute approximate surface area is 222 Å². The van der Waals surface area contributed by atoms with Gasteiger partial charge in [-0.15, -0.1) is 0 Å². The third kappa shape index (κ3) is 4.88. The summed E-state index contributed by atoms with van der Waals surface area (Å²) in [6, 6.07) is 26.4. The van der Waals surface area contributed by atoms with Gasteiger partial charge in [0.25, 0.3) is 5.91 Å². The molecule has 2 aliphatic rings. The van der Waals surface area contributed by atoms with Crippen molar-refractivity contribution in [3.8, 4) is 0 Å². The summed E-state index contributed by atoms with van der Waals surface area (Å²) in [4.78, 5) is 28.6. The zero-order valence-electron chi connectivity index (χ0n) is 20.7. The number of amides is 2. The Hall–Kier alpha value is -3.57. The molecule has 1 aliphatic heterocycles. The van der Waals surface area contributed by atoms with Crippen LogP contribution in [0.25, 0.3) is 10.9 Å². The molecule has 1 aromatic heterocycles. The van der Waals surface area contributed by atoms with Crippen molar-refractivity contribution in [1.82, 2.24) is 14.8 Å². The number of benzene rings is 3. The highest BCUT2D eigenvalue weighted by atomic mass is 35.5. The summed E-state index contributed by atoms with van der Waals surface area (Å²) in [7, 11) is 0. The normalized spacial score (nSPS) is 16.2. The molecule has 0 radical (unpaired) electrons. The van der Waals surface area contributed by atoms with Gasteiger partial charge in [-0.3, -0.25) is 9.59 Å². The maximum Gasteiger partial charge on any atom is 0.270 e. The Morgan fingerprint density at radius 2 is 1.51 bits per heavy atom. The van der Waals surface area contributed by atoms with Crippen LogP contribution >= 0.6 is 11.6 Å². The van der Waals surface area contributed by atoms with Crippen LogP contribution < -0.4 is 5.32 Å². The molecule has 0 spiro atoms. The maximum absolute atomic E-state index is 13.7. The molecule has 0 bridgehead atoms. The summed E-state index contributed by atoms with van der Waals surface area (Å²) in [5.74, 6) is 0.102. The number of halogens is 1. The Bertz CT molecular complexity index is 1430. The van der Waals surface area contributed by atoms with E-state index in [0.29, 0.717) is 43.2 Å². The zero-order chi connectivity index (χ0) is 25.4. The number of nitrogens with one attached hydrogen (secondary N) is 1. The Balaban J connectivity index is 1.13. The molecule has 1 N–H and O–H groups in total. The van der Waals surface area contributed by atoms with Crippen LogP contribution in [0.3, 0.4) is 0 Å². The highest BCUT2D eigenvalue weighted by Gasteiger charge is 2.31. The number of fused-ring (bicyclic) bond motifs is 2. The van der Waals surface area contributed by atoms with Gasteiger partial charge >= 0.3 is 0 Å². The number of likely N-dealkylation sites (tertiary alicyclic amines) is 1. The van der Waals surface area contributed by atoms with Gasteiger partial charge in [-0.1, -0.05) is 66.2 Å². The maximum atomic E-state index is 13.7. The fourth-order valence-electron chi connectivity index (χ4n) is 5.82. The number of para-hydroxylation sites is 1. The van der Waals surface area contributed by atoms with Crippen LogP contribution in [-0.2, 0) is 24.2 Å². The van der Waals surface area contributed by atoms with E-state index in [1.54, 1.807) is 0 Å². The Kier molecular flexibility index (Phi) is 6.47. The first kappa shape index (κ1) is 23.8. The monoisotopic (exact) mass is 511 g/mol. The van der Waals surface area contributed by atoms with Crippen LogP contribution in [0, 0.1) is 5.92 Å². The van der Waals surface area contributed by atoms with Gasteiger partial charge in [0, 0.05) is 47.5 Å². The van der Waals surface area contributed by atoms with Crippen LogP contribution in [0.4, 0.5) is 0 Å². The number of aromatic nitrogens is 1. The molecule has 2 heterocycles. The van der Waals surface area contributed by atoms with Crippen molar-refractivity contribution in [3.05, 3.63) is 106 Å². The molecule has 4 aromatic rings. The van der Waals surface area contributed by atoms with Crippen LogP contribution in [-0.4, -0.2) is 40.4 Å². The van der Waals surface area contributed by atoms with Crippen molar-refractivity contribution >= 4 is 34.3 Å². The number of nitrogens with zero attached hydrogens (tertiary/aromatic N) is 2. The molecule has 6 heteroatoms. The number of piperidine rings is 1. The number of hydrogen-bond donors (Lipinski definition) is 1. The van der Waals surface area contributed by atoms with Crippen molar-refractivity contribution in [1.29, 1.82) is 0 Å². The second-order valence-corrected chi connectivity index (χ2v) is 10.7. The van der Waals surface area contributed by atoms with Crippen molar-refractivity contribution in [2.75, 3.05) is 13.1 Å². The SMILES string of the molecule is O=C(NC1Cc2ccccc2C1)C1CCN(C(=O)c2cc3ccccc3n2Cc2ccc(Cl)cc2)CC1. The molecular formula is C31H30ClN3O2. The molecule has 1 saturated heterocycles. The van der Waals surface area contributed by atoms with Crippen LogP contribution in [0.15, 0.2) is 78.9 Å². The Morgan fingerprint density at radius 1 is 0.865 bits per heavy atom. The minimum Gasteiger partial charge on any atom is -0.352 e. The van der Waals surface area contributed by atoms with Crippen molar-refractivity contribution in [3.63, 3.8) is 0 Å². The molecule has 0 saturated carbocycles. The molecule has 0 unspecified atom stereocenters. The summed E-state index contributed by atoms with van der Waals surface area (Å²) in [6.45, 7) is 1.77. The predicted molar refractivity (Wildman–Crippen MR) is 147 cm³/mol. The van der Waals surface area contributed by atoms with Gasteiger partial charge < -0.3 is 14.8 Å². The molecule has 1 fully saturated rings. The van der Waals surface area contributed by atoms with Gasteiger partial charge in [0.1, 0.15) is 5.69 Å². The first-order valence-corrected chi connectivity index (χ1v) is 13.4. The fourth-order valence-corrected chi connectivity index (χ4v) is 5.94. The lowest BCUT2D eigenvalue weighted by Gasteiger charge is -2.32. The first-order chi connectivity index (χ1) is 18.0. The molecule has 5 nitrogen and oxygen atoms in total. The van der Waals surface area contributed by atoms with E-state index < -0.39 is 0 Å². The van der Waals surface area contributed by atoms with E-state index in [1.807, 2.05) is 53.4 Å². The van der Waals surface area contributed by atoms with E-state index in [1.165, 1.54) is 11.1 Å². The highest BCUT2D eigenvalue weighted by Crippen LogP contribution is 2.27. The van der Waals surface area contributed by atoms with E-state index in [0.717, 1.165) is 29.3 Å². The quantitative estimate of drug-likeness (QED) is 0.386. The van der Waals surface area contributed by atoms with Crippen molar-refractivity contribution in [2.45, 2.75) is 38.3 Å². The standard InChI is InChI=1S/C31H30ClN3O2/c32-26-11-9-21(10-12-26)20-35-28-8-4-3-7-25(28)19-29(35)31(37)34-15-13-22(14-16-34)30(36)33-27-17-23-5-1-2-6-24(23)18-27/h1-12,19,22,27H,13-18,20H2,(H,33,36). The van der Waals surface area contributed by atoms with E-state index in [2.05, 4.69) is 40.2 Å². The second-order valence-electron chi connectivity index (χ2n) is 10.2. The predicted octanol–water partition coefficient (Wildman–Crippen LogP) is 5.48. The molecule has 2 amide bonds. The summed E-state index contributed by atoms with van der Waals surface area (Å²) in [5, 5.41) is 5.02. The summed E-state index contributed by atoms with van der Waals surface area (Å²) in [6.07, 6.45) is 3.18. The van der Waals surface area contributed by atoms with E-state index >= 15 is 0 Å². The van der Waals surface area contributed by atoms with Gasteiger partial charge in [-0.05, 0) is 66.6 Å². The van der Waals surface area contributed by atoms with E-state index in [-0.39, 0.29) is 23.8 Å². The van der Waals surface area contributed by atoms with Gasteiger partial charge in [0.2, 0.25) is 5.91 Å². The average Bonchev–Trinajstić information content (AvgIpc) is 3.50. The number of carbonyl (C=O) groups excluding carboxylic acids is 2. The van der Waals surface area contributed by atoms with Gasteiger partial charge in [0.05, 0.1) is 0 Å². The average molecular weight is 512 g/mol. The lowest BCUT2D eigenvalue weighted by Crippen LogP contribution is -2.45. The van der Waals surface area contributed by atoms with Crippen LogP contribution in [0.2, 0.25) is 5.02 Å². The van der Waals surface area contributed by atoms with Gasteiger partial charge in [0.15, 0.2) is 0 Å². The third-order valence-electron chi connectivity index (χ3n) is 7.83. The topological polar surface area (TPSA) is 54.3 Å². The first-order valence-electron chi connectivity index (χ1n) is 13.0. The third-order valence-corrected chi connectivity index (χ3v) is 8.09. The molecule has 37 heavy (non-hydrogen) atoms. The lowest BCUT2D eigenvalue weighted by atomic mass is 9.95. The number of rotatable bonds is 5. The molecule has 6 rings (SSSR count). The minimum absolute atomic E-state index is 0.0234. The Morgan fingerprint density at radius 3 is 2.22 bits per heavy atom.